The number of benzene rings is 2. The van der Waals surface area contributed by atoms with Crippen molar-refractivity contribution in [2.45, 2.75) is 52.8 Å². The van der Waals surface area contributed by atoms with E-state index < -0.39 is 0 Å². The summed E-state index contributed by atoms with van der Waals surface area (Å²) in [7, 11) is 0. The van der Waals surface area contributed by atoms with Gasteiger partial charge < -0.3 is 14.8 Å². The van der Waals surface area contributed by atoms with Crippen molar-refractivity contribution < 1.29 is 9.47 Å². The Kier molecular flexibility index (Phi) is 8.40. The van der Waals surface area contributed by atoms with Gasteiger partial charge in [0, 0.05) is 19.1 Å². The van der Waals surface area contributed by atoms with Gasteiger partial charge in [-0.15, -0.1) is 0 Å². The largest absolute Gasteiger partial charge is 0.490 e. The first-order valence-electron chi connectivity index (χ1n) is 10.7. The maximum absolute atomic E-state index is 6.13. The molecule has 0 aliphatic carbocycles. The molecule has 1 N–H and O–H groups in total. The fourth-order valence-corrected chi connectivity index (χ4v) is 4.61. The molecule has 2 aromatic rings. The molecular weight excluding hydrogens is 428 g/mol. The van der Waals surface area contributed by atoms with Crippen molar-refractivity contribution in [1.29, 1.82) is 0 Å². The van der Waals surface area contributed by atoms with Gasteiger partial charge in [0.2, 0.25) is 0 Å². The third-order valence-corrected chi connectivity index (χ3v) is 6.04. The molecular formula is C24H33BrN2O2. The molecule has 1 aliphatic heterocycles. The lowest BCUT2D eigenvalue weighted by Crippen LogP contribution is -2.37. The van der Waals surface area contributed by atoms with E-state index in [1.165, 1.54) is 30.5 Å². The highest BCUT2D eigenvalue weighted by Gasteiger charge is 2.22. The zero-order valence-corrected chi connectivity index (χ0v) is 19.4. The third-order valence-electron chi connectivity index (χ3n) is 5.45. The van der Waals surface area contributed by atoms with Crippen molar-refractivity contribution in [3.05, 3.63) is 57.6 Å². The minimum absolute atomic E-state index is 0.520. The quantitative estimate of drug-likeness (QED) is 0.520. The van der Waals surface area contributed by atoms with Gasteiger partial charge in [0.05, 0.1) is 11.1 Å². The summed E-state index contributed by atoms with van der Waals surface area (Å²) in [6, 6.07) is 13.3. The van der Waals surface area contributed by atoms with Gasteiger partial charge in [-0.1, -0.05) is 36.8 Å². The van der Waals surface area contributed by atoms with Crippen LogP contribution in [0.5, 0.6) is 11.5 Å². The summed E-state index contributed by atoms with van der Waals surface area (Å²) in [5.41, 5.74) is 3.59. The van der Waals surface area contributed by atoms with Gasteiger partial charge in [-0.2, -0.15) is 0 Å². The topological polar surface area (TPSA) is 33.7 Å². The second-order valence-corrected chi connectivity index (χ2v) is 8.53. The van der Waals surface area contributed by atoms with Gasteiger partial charge >= 0.3 is 0 Å². The molecule has 0 amide bonds. The van der Waals surface area contributed by atoms with Crippen molar-refractivity contribution in [1.82, 2.24) is 10.2 Å². The lowest BCUT2D eigenvalue weighted by atomic mass is 10.1. The van der Waals surface area contributed by atoms with Gasteiger partial charge in [0.25, 0.3) is 0 Å². The number of likely N-dealkylation sites (tertiary alicyclic amines) is 1. The first kappa shape index (κ1) is 22.1. The number of aryl methyl sites for hydroxylation is 1. The van der Waals surface area contributed by atoms with Crippen LogP contribution < -0.4 is 14.8 Å². The van der Waals surface area contributed by atoms with Crippen LogP contribution in [0.4, 0.5) is 0 Å². The van der Waals surface area contributed by atoms with Gasteiger partial charge in [-0.25, -0.2) is 0 Å². The van der Waals surface area contributed by atoms with Crippen molar-refractivity contribution in [3.8, 4) is 11.5 Å². The second kappa shape index (κ2) is 11.0. The molecule has 0 bridgehead atoms. The van der Waals surface area contributed by atoms with E-state index in [4.69, 9.17) is 9.47 Å². The van der Waals surface area contributed by atoms with Gasteiger partial charge in [0.1, 0.15) is 6.61 Å². The van der Waals surface area contributed by atoms with Crippen LogP contribution in [0.15, 0.2) is 40.9 Å². The highest BCUT2D eigenvalue weighted by Crippen LogP contribution is 2.37. The monoisotopic (exact) mass is 460 g/mol. The maximum Gasteiger partial charge on any atom is 0.175 e. The fourth-order valence-electron chi connectivity index (χ4n) is 4.01. The smallest absolute Gasteiger partial charge is 0.175 e. The van der Waals surface area contributed by atoms with E-state index in [1.807, 2.05) is 6.92 Å². The molecule has 29 heavy (non-hydrogen) atoms. The first-order valence-corrected chi connectivity index (χ1v) is 11.5. The van der Waals surface area contributed by atoms with E-state index in [0.29, 0.717) is 19.3 Å². The summed E-state index contributed by atoms with van der Waals surface area (Å²) in [6.45, 7) is 11.7. The lowest BCUT2D eigenvalue weighted by Gasteiger charge is -2.23. The van der Waals surface area contributed by atoms with Crippen LogP contribution in [0.3, 0.4) is 0 Å². The number of ether oxygens (including phenoxy) is 2. The molecule has 0 radical (unpaired) electrons. The minimum Gasteiger partial charge on any atom is -0.490 e. The summed E-state index contributed by atoms with van der Waals surface area (Å²) in [6.07, 6.45) is 2.60. The zero-order chi connectivity index (χ0) is 20.6. The fraction of sp³-hybridized carbons (Fsp3) is 0.500. The average Bonchev–Trinajstić information content (AvgIpc) is 3.15. The Morgan fingerprint density at radius 3 is 2.76 bits per heavy atom. The lowest BCUT2D eigenvalue weighted by molar-refractivity contribution is 0.259. The molecule has 1 atom stereocenters. The molecule has 1 saturated heterocycles. The second-order valence-electron chi connectivity index (χ2n) is 7.67. The Morgan fingerprint density at radius 2 is 2.00 bits per heavy atom. The Labute approximate surface area is 183 Å². The molecule has 4 nitrogen and oxygen atoms in total. The Bertz CT molecular complexity index is 796. The Morgan fingerprint density at radius 1 is 1.14 bits per heavy atom. The molecule has 158 valence electrons. The van der Waals surface area contributed by atoms with Crippen LogP contribution in [-0.2, 0) is 13.2 Å². The molecule has 2 aromatic carbocycles. The number of likely N-dealkylation sites (N-methyl/N-ethyl adjacent to an activating group) is 1. The highest BCUT2D eigenvalue weighted by molar-refractivity contribution is 9.10. The van der Waals surface area contributed by atoms with E-state index in [9.17, 15) is 0 Å². The van der Waals surface area contributed by atoms with Crippen LogP contribution in [-0.4, -0.2) is 37.2 Å². The molecule has 0 aromatic heterocycles. The predicted molar refractivity (Wildman–Crippen MR) is 123 cm³/mol. The average molecular weight is 461 g/mol. The molecule has 0 saturated carbocycles. The van der Waals surface area contributed by atoms with Crippen LogP contribution in [0.1, 0.15) is 43.4 Å². The van der Waals surface area contributed by atoms with Crippen molar-refractivity contribution in [2.75, 3.05) is 26.2 Å². The summed E-state index contributed by atoms with van der Waals surface area (Å²) < 4.78 is 13.0. The van der Waals surface area contributed by atoms with Crippen LogP contribution in [0.2, 0.25) is 0 Å². The van der Waals surface area contributed by atoms with Crippen molar-refractivity contribution in [2.24, 2.45) is 0 Å². The number of nitrogens with one attached hydrogen (secondary N) is 1. The van der Waals surface area contributed by atoms with Crippen molar-refractivity contribution in [3.63, 3.8) is 0 Å². The molecule has 0 unspecified atom stereocenters. The standard InChI is InChI=1S/C24H33BrN2O2/c1-4-27-11-7-10-21(27)16-26-15-20-13-22(25)24(23(14-20)28-5-2)29-17-19-9-6-8-18(3)12-19/h6,8-9,12-14,21,26H,4-5,7,10-11,15-17H2,1-3H3/t21-/m0/s1. The van der Waals surface area contributed by atoms with E-state index in [1.54, 1.807) is 0 Å². The summed E-state index contributed by atoms with van der Waals surface area (Å²) in [5, 5.41) is 3.63. The highest BCUT2D eigenvalue weighted by atomic mass is 79.9. The number of hydrogen-bond acceptors (Lipinski definition) is 4. The molecule has 1 fully saturated rings. The number of rotatable bonds is 10. The van der Waals surface area contributed by atoms with Crippen molar-refractivity contribution >= 4 is 15.9 Å². The molecule has 1 aliphatic rings. The summed E-state index contributed by atoms with van der Waals surface area (Å²) in [5.74, 6) is 1.56. The molecule has 5 heteroatoms. The SMILES string of the molecule is CCOc1cc(CNC[C@@H]2CCCN2CC)cc(Br)c1OCc1cccc(C)c1. The number of nitrogens with zero attached hydrogens (tertiary/aromatic N) is 1. The number of hydrogen-bond donors (Lipinski definition) is 1. The zero-order valence-electron chi connectivity index (χ0n) is 17.8. The van der Waals surface area contributed by atoms with Gasteiger partial charge in [-0.3, -0.25) is 4.90 Å². The molecule has 3 rings (SSSR count). The van der Waals surface area contributed by atoms with Crippen LogP contribution in [0.25, 0.3) is 0 Å². The van der Waals surface area contributed by atoms with E-state index in [0.717, 1.165) is 41.2 Å². The maximum atomic E-state index is 6.13. The third kappa shape index (κ3) is 6.21. The minimum atomic E-state index is 0.520. The van der Waals surface area contributed by atoms with Crippen LogP contribution in [0, 0.1) is 6.92 Å². The summed E-state index contributed by atoms with van der Waals surface area (Å²) >= 11 is 3.69. The first-order chi connectivity index (χ1) is 14.1. The predicted octanol–water partition coefficient (Wildman–Crippen LogP) is 5.31. The Hall–Kier alpha value is -1.56. The van der Waals surface area contributed by atoms with Gasteiger partial charge in [-0.05, 0) is 79.0 Å². The molecule has 1 heterocycles. The Balaban J connectivity index is 1.64. The van der Waals surface area contributed by atoms with Crippen LogP contribution >= 0.6 is 15.9 Å². The molecule has 0 spiro atoms. The van der Waals surface area contributed by atoms with E-state index >= 15 is 0 Å². The van der Waals surface area contributed by atoms with E-state index in [-0.39, 0.29) is 0 Å². The normalized spacial score (nSPS) is 16.9. The van der Waals surface area contributed by atoms with Gasteiger partial charge in [0.15, 0.2) is 11.5 Å². The van der Waals surface area contributed by atoms with E-state index in [2.05, 4.69) is 76.4 Å². The number of halogens is 1. The summed E-state index contributed by atoms with van der Waals surface area (Å²) in [4.78, 5) is 2.57.